The van der Waals surface area contributed by atoms with Crippen LogP contribution < -0.4 is 16.2 Å². The Morgan fingerprint density at radius 2 is 1.90 bits per heavy atom. The van der Waals surface area contributed by atoms with E-state index in [4.69, 9.17) is 23.8 Å². The van der Waals surface area contributed by atoms with E-state index in [0.29, 0.717) is 22.4 Å². The van der Waals surface area contributed by atoms with Crippen LogP contribution >= 0.6 is 23.8 Å². The standard InChI is InChI=1S/C14H13ClN4OS/c15-11-6-4-10(5-7-11)9-17-14(21)19-18-13(20)12-3-1-2-8-16-12/h1-8H,9H2,(H,18,20)(H2,17,19,21). The summed E-state index contributed by atoms with van der Waals surface area (Å²) < 4.78 is 0. The van der Waals surface area contributed by atoms with Crippen molar-refractivity contribution in [3.8, 4) is 0 Å². The molecule has 7 heteroatoms. The second kappa shape index (κ2) is 7.56. The van der Waals surface area contributed by atoms with E-state index in [2.05, 4.69) is 21.2 Å². The molecule has 0 aliphatic rings. The van der Waals surface area contributed by atoms with Gasteiger partial charge in [-0.1, -0.05) is 29.8 Å². The van der Waals surface area contributed by atoms with E-state index in [1.807, 2.05) is 12.1 Å². The molecule has 1 aromatic heterocycles. The van der Waals surface area contributed by atoms with Gasteiger partial charge in [0.1, 0.15) is 5.69 Å². The number of aromatic nitrogens is 1. The van der Waals surface area contributed by atoms with Crippen LogP contribution in [0.4, 0.5) is 0 Å². The first-order valence-electron chi connectivity index (χ1n) is 6.15. The van der Waals surface area contributed by atoms with Crippen LogP contribution in [0.3, 0.4) is 0 Å². The van der Waals surface area contributed by atoms with Crippen LogP contribution in [-0.2, 0) is 6.54 Å². The first-order valence-corrected chi connectivity index (χ1v) is 6.93. The number of amides is 1. The first kappa shape index (κ1) is 15.2. The van der Waals surface area contributed by atoms with Crippen molar-refractivity contribution < 1.29 is 4.79 Å². The molecule has 0 fully saturated rings. The summed E-state index contributed by atoms with van der Waals surface area (Å²) in [7, 11) is 0. The highest BCUT2D eigenvalue weighted by atomic mass is 35.5. The van der Waals surface area contributed by atoms with Crippen LogP contribution in [0.5, 0.6) is 0 Å². The monoisotopic (exact) mass is 320 g/mol. The third kappa shape index (κ3) is 5.02. The maximum atomic E-state index is 11.7. The first-order chi connectivity index (χ1) is 10.1. The Morgan fingerprint density at radius 1 is 1.14 bits per heavy atom. The number of rotatable bonds is 3. The molecule has 1 amide bonds. The van der Waals surface area contributed by atoms with E-state index < -0.39 is 0 Å². The number of thiocarbonyl (C=S) groups is 1. The van der Waals surface area contributed by atoms with Gasteiger partial charge in [-0.05, 0) is 42.0 Å². The molecular formula is C14H13ClN4OS. The fraction of sp³-hybridized carbons (Fsp3) is 0.0714. The van der Waals surface area contributed by atoms with Crippen molar-refractivity contribution in [3.05, 3.63) is 64.9 Å². The Morgan fingerprint density at radius 3 is 2.57 bits per heavy atom. The molecule has 2 aromatic rings. The van der Waals surface area contributed by atoms with Crippen molar-refractivity contribution in [1.82, 2.24) is 21.2 Å². The summed E-state index contributed by atoms with van der Waals surface area (Å²) in [5.74, 6) is -0.355. The number of pyridine rings is 1. The van der Waals surface area contributed by atoms with E-state index in [1.54, 1.807) is 36.5 Å². The maximum Gasteiger partial charge on any atom is 0.288 e. The van der Waals surface area contributed by atoms with Gasteiger partial charge in [0.15, 0.2) is 5.11 Å². The van der Waals surface area contributed by atoms with Gasteiger partial charge in [-0.3, -0.25) is 20.6 Å². The van der Waals surface area contributed by atoms with E-state index in [1.165, 1.54) is 0 Å². The zero-order valence-electron chi connectivity index (χ0n) is 11.0. The van der Waals surface area contributed by atoms with Crippen molar-refractivity contribution in [2.24, 2.45) is 0 Å². The number of hydrogen-bond donors (Lipinski definition) is 3. The molecule has 1 heterocycles. The van der Waals surface area contributed by atoms with E-state index in [0.717, 1.165) is 5.56 Å². The number of hydrazine groups is 1. The lowest BCUT2D eigenvalue weighted by Gasteiger charge is -2.11. The lowest BCUT2D eigenvalue weighted by Crippen LogP contribution is -2.46. The lowest BCUT2D eigenvalue weighted by atomic mass is 10.2. The number of carbonyl (C=O) groups excluding carboxylic acids is 1. The molecule has 0 atom stereocenters. The van der Waals surface area contributed by atoms with Gasteiger partial charge in [-0.2, -0.15) is 0 Å². The number of carbonyl (C=O) groups is 1. The van der Waals surface area contributed by atoms with Crippen molar-refractivity contribution in [3.63, 3.8) is 0 Å². The number of benzene rings is 1. The molecule has 0 bridgehead atoms. The van der Waals surface area contributed by atoms with Crippen LogP contribution in [0.1, 0.15) is 16.1 Å². The molecule has 0 radical (unpaired) electrons. The number of nitrogens with one attached hydrogen (secondary N) is 3. The van der Waals surface area contributed by atoms with Gasteiger partial charge in [0.05, 0.1) is 0 Å². The zero-order valence-corrected chi connectivity index (χ0v) is 12.5. The summed E-state index contributed by atoms with van der Waals surface area (Å²) in [6.07, 6.45) is 1.55. The Bertz CT molecular complexity index is 619. The quantitative estimate of drug-likeness (QED) is 0.596. The highest BCUT2D eigenvalue weighted by Gasteiger charge is 2.05. The predicted molar refractivity (Wildman–Crippen MR) is 85.7 cm³/mol. The van der Waals surface area contributed by atoms with Crippen molar-refractivity contribution in [1.29, 1.82) is 0 Å². The van der Waals surface area contributed by atoms with Gasteiger partial charge in [-0.25, -0.2) is 0 Å². The minimum absolute atomic E-state index is 0.311. The lowest BCUT2D eigenvalue weighted by molar-refractivity contribution is 0.0938. The number of nitrogens with zero attached hydrogens (tertiary/aromatic N) is 1. The molecule has 0 spiro atoms. The highest BCUT2D eigenvalue weighted by Crippen LogP contribution is 2.08. The van der Waals surface area contributed by atoms with Gasteiger partial charge >= 0.3 is 0 Å². The largest absolute Gasteiger partial charge is 0.357 e. The molecule has 108 valence electrons. The van der Waals surface area contributed by atoms with E-state index >= 15 is 0 Å². The summed E-state index contributed by atoms with van der Waals surface area (Å²) >= 11 is 10.9. The molecule has 5 nitrogen and oxygen atoms in total. The molecule has 2 rings (SSSR count). The third-order valence-electron chi connectivity index (χ3n) is 2.55. The second-order valence-electron chi connectivity index (χ2n) is 4.10. The molecule has 3 N–H and O–H groups in total. The topological polar surface area (TPSA) is 66.1 Å². The van der Waals surface area contributed by atoms with E-state index in [9.17, 15) is 4.79 Å². The summed E-state index contributed by atoms with van der Waals surface area (Å²) in [5, 5.41) is 3.96. The minimum Gasteiger partial charge on any atom is -0.357 e. The average Bonchev–Trinajstić information content (AvgIpc) is 2.53. The Hall–Kier alpha value is -2.18. The number of hydrogen-bond acceptors (Lipinski definition) is 3. The SMILES string of the molecule is O=C(NNC(=S)NCc1ccc(Cl)cc1)c1ccccn1. The number of halogens is 1. The van der Waals surface area contributed by atoms with Crippen molar-refractivity contribution >= 4 is 34.8 Å². The molecule has 0 unspecified atom stereocenters. The van der Waals surface area contributed by atoms with Crippen LogP contribution in [0.25, 0.3) is 0 Å². The van der Waals surface area contributed by atoms with Gasteiger partial charge in [-0.15, -0.1) is 0 Å². The van der Waals surface area contributed by atoms with Crippen LogP contribution in [-0.4, -0.2) is 16.0 Å². The summed E-state index contributed by atoms with van der Waals surface area (Å²) in [4.78, 5) is 15.7. The Balaban J connectivity index is 1.75. The minimum atomic E-state index is -0.355. The summed E-state index contributed by atoms with van der Waals surface area (Å²) in [5.41, 5.74) is 6.42. The van der Waals surface area contributed by atoms with Crippen LogP contribution in [0, 0.1) is 0 Å². The van der Waals surface area contributed by atoms with Crippen LogP contribution in [0.15, 0.2) is 48.7 Å². The molecule has 0 aliphatic carbocycles. The van der Waals surface area contributed by atoms with Crippen molar-refractivity contribution in [2.75, 3.05) is 0 Å². The summed E-state index contributed by atoms with van der Waals surface area (Å²) in [6, 6.07) is 12.5. The molecule has 21 heavy (non-hydrogen) atoms. The fourth-order valence-corrected chi connectivity index (χ4v) is 1.75. The zero-order chi connectivity index (χ0) is 15.1. The average molecular weight is 321 g/mol. The van der Waals surface area contributed by atoms with E-state index in [-0.39, 0.29) is 5.91 Å². The summed E-state index contributed by atoms with van der Waals surface area (Å²) in [6.45, 7) is 0.530. The van der Waals surface area contributed by atoms with Crippen LogP contribution in [0.2, 0.25) is 5.02 Å². The Labute approximate surface area is 132 Å². The molecule has 0 saturated carbocycles. The van der Waals surface area contributed by atoms with Gasteiger partial charge in [0.2, 0.25) is 0 Å². The fourth-order valence-electron chi connectivity index (χ4n) is 1.50. The third-order valence-corrected chi connectivity index (χ3v) is 3.05. The maximum absolute atomic E-state index is 11.7. The van der Waals surface area contributed by atoms with Gasteiger partial charge in [0.25, 0.3) is 5.91 Å². The van der Waals surface area contributed by atoms with Crippen molar-refractivity contribution in [2.45, 2.75) is 6.54 Å². The normalized spacial score (nSPS) is 9.76. The molecule has 0 aliphatic heterocycles. The smallest absolute Gasteiger partial charge is 0.288 e. The molecule has 0 saturated heterocycles. The Kier molecular flexibility index (Phi) is 5.48. The van der Waals surface area contributed by atoms with Gasteiger partial charge < -0.3 is 5.32 Å². The molecule has 1 aromatic carbocycles. The van der Waals surface area contributed by atoms with Gasteiger partial charge in [0, 0.05) is 17.8 Å². The molecular weight excluding hydrogens is 308 g/mol. The predicted octanol–water partition coefficient (Wildman–Crippen LogP) is 2.04. The second-order valence-corrected chi connectivity index (χ2v) is 4.95. The highest BCUT2D eigenvalue weighted by molar-refractivity contribution is 7.80.